The number of hydrogen-bond donors (Lipinski definition) is 1. The summed E-state index contributed by atoms with van der Waals surface area (Å²) in [5.41, 5.74) is 4.53. The lowest BCUT2D eigenvalue weighted by atomic mass is 10.1. The molecule has 1 N–H and O–H groups in total. The molecule has 2 rings (SSSR count). The van der Waals surface area contributed by atoms with Crippen molar-refractivity contribution in [2.45, 2.75) is 20.1 Å². The molecule has 0 aromatic heterocycles. The maximum absolute atomic E-state index is 6.12. The summed E-state index contributed by atoms with van der Waals surface area (Å²) in [5.74, 6) is 0. The predicted octanol–water partition coefficient (Wildman–Crippen LogP) is 4.41. The number of nitrogens with one attached hydrogen (secondary N) is 1. The zero-order chi connectivity index (χ0) is 13.7. The standard InChI is InChI=1S/C16H18ClNO/c1-12-6-7-13(9-16(12)17)10-18-15-5-3-4-14(8-15)11-19-2/h3-9,18H,10-11H2,1-2H3. The summed E-state index contributed by atoms with van der Waals surface area (Å²) >= 11 is 6.12. The third-order valence-corrected chi connectivity index (χ3v) is 3.38. The molecule has 0 aliphatic rings. The van der Waals surface area contributed by atoms with E-state index >= 15 is 0 Å². The zero-order valence-corrected chi connectivity index (χ0v) is 12.0. The number of benzene rings is 2. The van der Waals surface area contributed by atoms with Crippen LogP contribution in [-0.4, -0.2) is 7.11 Å². The fraction of sp³-hybridized carbons (Fsp3) is 0.250. The number of aryl methyl sites for hydroxylation is 1. The van der Waals surface area contributed by atoms with Gasteiger partial charge in [-0.25, -0.2) is 0 Å². The lowest BCUT2D eigenvalue weighted by Gasteiger charge is -2.09. The van der Waals surface area contributed by atoms with E-state index in [0.29, 0.717) is 6.61 Å². The fourth-order valence-electron chi connectivity index (χ4n) is 1.89. The first kappa shape index (κ1) is 13.9. The topological polar surface area (TPSA) is 21.3 Å². The van der Waals surface area contributed by atoms with E-state index in [1.54, 1.807) is 7.11 Å². The smallest absolute Gasteiger partial charge is 0.0713 e. The summed E-state index contributed by atoms with van der Waals surface area (Å²) in [4.78, 5) is 0. The first-order valence-corrected chi connectivity index (χ1v) is 6.63. The highest BCUT2D eigenvalue weighted by Crippen LogP contribution is 2.18. The Kier molecular flexibility index (Phi) is 4.83. The molecule has 0 heterocycles. The van der Waals surface area contributed by atoms with Gasteiger partial charge in [0, 0.05) is 24.4 Å². The Labute approximate surface area is 119 Å². The second-order valence-electron chi connectivity index (χ2n) is 4.57. The third kappa shape index (κ3) is 3.98. The monoisotopic (exact) mass is 275 g/mol. The summed E-state index contributed by atoms with van der Waals surface area (Å²) < 4.78 is 5.13. The van der Waals surface area contributed by atoms with Gasteiger partial charge in [-0.3, -0.25) is 0 Å². The van der Waals surface area contributed by atoms with Gasteiger partial charge in [0.2, 0.25) is 0 Å². The molecule has 0 bridgehead atoms. The van der Waals surface area contributed by atoms with Crippen molar-refractivity contribution in [3.05, 3.63) is 64.2 Å². The molecular weight excluding hydrogens is 258 g/mol. The average Bonchev–Trinajstić information content (AvgIpc) is 2.41. The molecule has 0 unspecified atom stereocenters. The van der Waals surface area contributed by atoms with Crippen LogP contribution in [0.3, 0.4) is 0 Å². The van der Waals surface area contributed by atoms with Crippen LogP contribution in [-0.2, 0) is 17.9 Å². The van der Waals surface area contributed by atoms with Gasteiger partial charge in [-0.2, -0.15) is 0 Å². The minimum absolute atomic E-state index is 0.631. The largest absolute Gasteiger partial charge is 0.381 e. The number of ether oxygens (including phenoxy) is 1. The lowest BCUT2D eigenvalue weighted by molar-refractivity contribution is 0.185. The van der Waals surface area contributed by atoms with Crippen LogP contribution >= 0.6 is 11.6 Å². The maximum Gasteiger partial charge on any atom is 0.0713 e. The quantitative estimate of drug-likeness (QED) is 0.873. The fourth-order valence-corrected chi connectivity index (χ4v) is 2.09. The van der Waals surface area contributed by atoms with Crippen molar-refractivity contribution < 1.29 is 4.74 Å². The normalized spacial score (nSPS) is 10.5. The van der Waals surface area contributed by atoms with Crippen LogP contribution in [0.1, 0.15) is 16.7 Å². The molecule has 0 amide bonds. The van der Waals surface area contributed by atoms with Crippen molar-refractivity contribution in [3.63, 3.8) is 0 Å². The molecule has 0 fully saturated rings. The maximum atomic E-state index is 6.12. The molecule has 19 heavy (non-hydrogen) atoms. The molecular formula is C16H18ClNO. The molecule has 0 aliphatic heterocycles. The number of anilines is 1. The zero-order valence-electron chi connectivity index (χ0n) is 11.2. The minimum atomic E-state index is 0.631. The Bertz CT molecular complexity index is 554. The van der Waals surface area contributed by atoms with Gasteiger partial charge in [0.25, 0.3) is 0 Å². The molecule has 0 radical (unpaired) electrons. The molecule has 0 saturated carbocycles. The number of rotatable bonds is 5. The van der Waals surface area contributed by atoms with E-state index in [9.17, 15) is 0 Å². The van der Waals surface area contributed by atoms with Gasteiger partial charge in [-0.15, -0.1) is 0 Å². The van der Waals surface area contributed by atoms with Gasteiger partial charge >= 0.3 is 0 Å². The predicted molar refractivity (Wildman–Crippen MR) is 80.7 cm³/mol. The van der Waals surface area contributed by atoms with Crippen molar-refractivity contribution >= 4 is 17.3 Å². The number of halogens is 1. The van der Waals surface area contributed by atoms with E-state index < -0.39 is 0 Å². The first-order valence-electron chi connectivity index (χ1n) is 6.26. The van der Waals surface area contributed by atoms with Crippen molar-refractivity contribution in [1.29, 1.82) is 0 Å². The van der Waals surface area contributed by atoms with Crippen LogP contribution in [0.4, 0.5) is 5.69 Å². The summed E-state index contributed by atoms with van der Waals surface area (Å²) in [5, 5.41) is 4.20. The van der Waals surface area contributed by atoms with Gasteiger partial charge in [0.05, 0.1) is 6.61 Å². The molecule has 2 nitrogen and oxygen atoms in total. The van der Waals surface area contributed by atoms with E-state index in [0.717, 1.165) is 28.4 Å². The van der Waals surface area contributed by atoms with Crippen molar-refractivity contribution in [2.75, 3.05) is 12.4 Å². The van der Waals surface area contributed by atoms with Crippen LogP contribution in [0, 0.1) is 6.92 Å². The summed E-state index contributed by atoms with van der Waals surface area (Å²) in [6, 6.07) is 14.4. The Morgan fingerprint density at radius 3 is 2.68 bits per heavy atom. The second-order valence-corrected chi connectivity index (χ2v) is 4.98. The van der Waals surface area contributed by atoms with Gasteiger partial charge in [0.1, 0.15) is 0 Å². The average molecular weight is 276 g/mol. The highest BCUT2D eigenvalue weighted by atomic mass is 35.5. The van der Waals surface area contributed by atoms with Gasteiger partial charge in [0.15, 0.2) is 0 Å². The molecule has 100 valence electrons. The van der Waals surface area contributed by atoms with Crippen LogP contribution in [0.2, 0.25) is 5.02 Å². The highest BCUT2D eigenvalue weighted by Gasteiger charge is 1.99. The number of methoxy groups -OCH3 is 1. The van der Waals surface area contributed by atoms with Crippen molar-refractivity contribution in [3.8, 4) is 0 Å². The van der Waals surface area contributed by atoms with Crippen LogP contribution < -0.4 is 5.32 Å². The number of hydrogen-bond acceptors (Lipinski definition) is 2. The Balaban J connectivity index is 2.01. The van der Waals surface area contributed by atoms with Crippen LogP contribution in [0.15, 0.2) is 42.5 Å². The molecule has 2 aromatic rings. The molecule has 0 atom stereocenters. The SMILES string of the molecule is COCc1cccc(NCc2ccc(C)c(Cl)c2)c1. The summed E-state index contributed by atoms with van der Waals surface area (Å²) in [6.45, 7) is 3.40. The van der Waals surface area contributed by atoms with Gasteiger partial charge in [-0.05, 0) is 41.8 Å². The van der Waals surface area contributed by atoms with E-state index in [1.807, 2.05) is 25.1 Å². The second kappa shape index (κ2) is 6.60. The van der Waals surface area contributed by atoms with E-state index in [-0.39, 0.29) is 0 Å². The lowest BCUT2D eigenvalue weighted by Crippen LogP contribution is -2.00. The molecule has 0 aliphatic carbocycles. The summed E-state index contributed by atoms with van der Waals surface area (Å²) in [7, 11) is 1.70. The molecule has 0 spiro atoms. The minimum Gasteiger partial charge on any atom is -0.381 e. The van der Waals surface area contributed by atoms with Gasteiger partial charge < -0.3 is 10.1 Å². The highest BCUT2D eigenvalue weighted by molar-refractivity contribution is 6.31. The van der Waals surface area contributed by atoms with E-state index in [2.05, 4.69) is 29.6 Å². The Hall–Kier alpha value is -1.51. The van der Waals surface area contributed by atoms with Crippen LogP contribution in [0.5, 0.6) is 0 Å². The van der Waals surface area contributed by atoms with Crippen LogP contribution in [0.25, 0.3) is 0 Å². The van der Waals surface area contributed by atoms with Gasteiger partial charge in [-0.1, -0.05) is 35.9 Å². The summed E-state index contributed by atoms with van der Waals surface area (Å²) in [6.07, 6.45) is 0. The van der Waals surface area contributed by atoms with Crippen molar-refractivity contribution in [2.24, 2.45) is 0 Å². The van der Waals surface area contributed by atoms with E-state index in [1.165, 1.54) is 5.56 Å². The molecule has 0 saturated heterocycles. The molecule has 3 heteroatoms. The van der Waals surface area contributed by atoms with Crippen molar-refractivity contribution in [1.82, 2.24) is 0 Å². The van der Waals surface area contributed by atoms with E-state index in [4.69, 9.17) is 16.3 Å². The molecule has 2 aromatic carbocycles. The third-order valence-electron chi connectivity index (χ3n) is 2.97. The first-order chi connectivity index (χ1) is 9.19. The Morgan fingerprint density at radius 1 is 1.11 bits per heavy atom. The Morgan fingerprint density at radius 2 is 1.95 bits per heavy atom.